The second-order valence-corrected chi connectivity index (χ2v) is 8.16. The fourth-order valence-corrected chi connectivity index (χ4v) is 2.56. The predicted molar refractivity (Wildman–Crippen MR) is 99.1 cm³/mol. The minimum absolute atomic E-state index is 0.159. The van der Waals surface area contributed by atoms with E-state index in [0.29, 0.717) is 18.3 Å². The first-order chi connectivity index (χ1) is 14.5. The molecule has 0 fully saturated rings. The number of hydrogen-bond donors (Lipinski definition) is 0. The maximum absolute atomic E-state index is 13.3. The van der Waals surface area contributed by atoms with E-state index < -0.39 is 49.2 Å². The third kappa shape index (κ3) is 9.89. The van der Waals surface area contributed by atoms with Crippen LogP contribution in [0.5, 0.6) is 0 Å². The van der Waals surface area contributed by atoms with Crippen molar-refractivity contribution in [3.05, 3.63) is 0 Å². The van der Waals surface area contributed by atoms with Crippen molar-refractivity contribution in [2.75, 3.05) is 13.2 Å². The van der Waals surface area contributed by atoms with Gasteiger partial charge in [-0.3, -0.25) is 9.59 Å². The molecule has 0 N–H and O–H groups in total. The molecule has 0 aromatic heterocycles. The van der Waals surface area contributed by atoms with Gasteiger partial charge in [-0.1, -0.05) is 40.0 Å². The van der Waals surface area contributed by atoms with Gasteiger partial charge in [0, 0.05) is 12.8 Å². The number of esters is 2. The largest absolute Gasteiger partial charge is 0.466 e. The Morgan fingerprint density at radius 1 is 0.781 bits per heavy atom. The lowest BCUT2D eigenvalue weighted by Crippen LogP contribution is -2.59. The quantitative estimate of drug-likeness (QED) is 0.191. The zero-order chi connectivity index (χ0) is 25.2. The number of ether oxygens (including phenoxy) is 2. The summed E-state index contributed by atoms with van der Waals surface area (Å²) in [5, 5.41) is 0. The lowest BCUT2D eigenvalue weighted by molar-refractivity contribution is -0.344. The van der Waals surface area contributed by atoms with Gasteiger partial charge >= 0.3 is 36.1 Å². The molecule has 0 heterocycles. The van der Waals surface area contributed by atoms with Gasteiger partial charge < -0.3 is 9.47 Å². The average molecular weight is 486 g/mol. The Morgan fingerprint density at radius 2 is 1.31 bits per heavy atom. The highest BCUT2D eigenvalue weighted by Crippen LogP contribution is 2.48. The van der Waals surface area contributed by atoms with E-state index in [0.717, 1.165) is 19.3 Å². The first kappa shape index (κ1) is 30.4. The molecule has 190 valence electrons. The zero-order valence-corrected chi connectivity index (χ0v) is 18.3. The topological polar surface area (TPSA) is 52.6 Å². The van der Waals surface area contributed by atoms with Crippen molar-refractivity contribution in [2.45, 2.75) is 89.9 Å². The van der Waals surface area contributed by atoms with Gasteiger partial charge in [0.15, 0.2) is 6.61 Å². The van der Waals surface area contributed by atoms with Gasteiger partial charge in [0.2, 0.25) is 0 Å². The molecule has 0 aliphatic rings. The van der Waals surface area contributed by atoms with E-state index in [9.17, 15) is 44.7 Å². The van der Waals surface area contributed by atoms with Crippen LogP contribution < -0.4 is 0 Å². The van der Waals surface area contributed by atoms with E-state index in [4.69, 9.17) is 4.74 Å². The van der Waals surface area contributed by atoms with E-state index in [1.807, 2.05) is 6.92 Å². The monoisotopic (exact) mass is 486 g/mol. The van der Waals surface area contributed by atoms with Crippen LogP contribution >= 0.6 is 0 Å². The number of rotatable bonds is 16. The molecule has 0 bridgehead atoms. The van der Waals surface area contributed by atoms with E-state index >= 15 is 0 Å². The normalized spacial score (nSPS) is 14.0. The van der Waals surface area contributed by atoms with E-state index in [1.54, 1.807) is 0 Å². The molecule has 0 saturated carbocycles. The number of carbonyl (C=O) groups excluding carboxylic acids is 2. The van der Waals surface area contributed by atoms with Crippen molar-refractivity contribution in [2.24, 2.45) is 11.8 Å². The SMILES string of the molecule is CC(C)CCCC(C)CCOC(=O)CCCC(=O)OCC(F)(F)C(F)(F)C(F)(F)C(F)F. The fourth-order valence-electron chi connectivity index (χ4n) is 2.56. The Bertz CT molecular complexity index is 582. The summed E-state index contributed by atoms with van der Waals surface area (Å²) in [4.78, 5) is 22.9. The van der Waals surface area contributed by atoms with Crippen LogP contribution in [0.25, 0.3) is 0 Å². The molecule has 0 spiro atoms. The highest BCUT2D eigenvalue weighted by atomic mass is 19.4. The van der Waals surface area contributed by atoms with Crippen LogP contribution in [0.1, 0.15) is 65.7 Å². The Kier molecular flexibility index (Phi) is 12.5. The molecule has 12 heteroatoms. The minimum atomic E-state index is -6.44. The summed E-state index contributed by atoms with van der Waals surface area (Å²) in [7, 11) is 0. The van der Waals surface area contributed by atoms with Gasteiger partial charge in [-0.05, 0) is 24.7 Å². The van der Waals surface area contributed by atoms with E-state index in [-0.39, 0.29) is 19.4 Å². The summed E-state index contributed by atoms with van der Waals surface area (Å²) in [5.74, 6) is -19.7. The first-order valence-corrected chi connectivity index (χ1v) is 10.3. The van der Waals surface area contributed by atoms with Crippen LogP contribution in [0.15, 0.2) is 0 Å². The van der Waals surface area contributed by atoms with Gasteiger partial charge in [-0.25, -0.2) is 8.78 Å². The maximum atomic E-state index is 13.3. The Morgan fingerprint density at radius 3 is 1.81 bits per heavy atom. The van der Waals surface area contributed by atoms with Gasteiger partial charge in [0.1, 0.15) is 0 Å². The maximum Gasteiger partial charge on any atom is 0.381 e. The number of halogens is 8. The standard InChI is InChI=1S/C20H30F8O4/c1-13(2)6-4-7-14(3)10-11-31-15(29)8-5-9-16(30)32-12-18(23,24)20(27,28)19(25,26)17(21)22/h13-14,17H,4-12H2,1-3H3. The van der Waals surface area contributed by atoms with E-state index in [1.165, 1.54) is 0 Å². The van der Waals surface area contributed by atoms with Crippen LogP contribution in [0.3, 0.4) is 0 Å². The number of carbonyl (C=O) groups is 2. The number of alkyl halides is 8. The molecule has 0 saturated heterocycles. The Balaban J connectivity index is 4.21. The molecule has 0 aromatic rings. The van der Waals surface area contributed by atoms with Crippen molar-refractivity contribution in [3.8, 4) is 0 Å². The van der Waals surface area contributed by atoms with Crippen LogP contribution in [-0.2, 0) is 19.1 Å². The molecule has 0 amide bonds. The van der Waals surface area contributed by atoms with Crippen molar-refractivity contribution >= 4 is 11.9 Å². The third-order valence-electron chi connectivity index (χ3n) is 4.68. The Labute approximate surface area is 182 Å². The summed E-state index contributed by atoms with van der Waals surface area (Å²) in [6.45, 7) is 3.90. The van der Waals surface area contributed by atoms with Gasteiger partial charge in [0.05, 0.1) is 6.61 Å². The van der Waals surface area contributed by atoms with Crippen molar-refractivity contribution < 1.29 is 54.2 Å². The Hall–Kier alpha value is -1.62. The molecular formula is C20H30F8O4. The summed E-state index contributed by atoms with van der Waals surface area (Å²) >= 11 is 0. The summed E-state index contributed by atoms with van der Waals surface area (Å²) in [5.41, 5.74) is 0. The predicted octanol–water partition coefficient (Wildman–Crippen LogP) is 6.27. The molecule has 0 aliphatic carbocycles. The van der Waals surface area contributed by atoms with Crippen molar-refractivity contribution in [1.82, 2.24) is 0 Å². The molecule has 32 heavy (non-hydrogen) atoms. The molecule has 0 rings (SSSR count). The number of hydrogen-bond acceptors (Lipinski definition) is 4. The molecule has 1 unspecified atom stereocenters. The lowest BCUT2D eigenvalue weighted by atomic mass is 9.98. The summed E-state index contributed by atoms with van der Waals surface area (Å²) in [6.07, 6.45) is -2.45. The van der Waals surface area contributed by atoms with Crippen LogP contribution in [-0.4, -0.2) is 49.3 Å². The highest BCUT2D eigenvalue weighted by molar-refractivity contribution is 5.72. The summed E-state index contributed by atoms with van der Waals surface area (Å²) < 4.78 is 111. The van der Waals surface area contributed by atoms with Crippen LogP contribution in [0.4, 0.5) is 35.1 Å². The summed E-state index contributed by atoms with van der Waals surface area (Å²) in [6, 6.07) is 0. The zero-order valence-electron chi connectivity index (χ0n) is 18.3. The molecule has 0 radical (unpaired) electrons. The highest BCUT2D eigenvalue weighted by Gasteiger charge is 2.75. The second-order valence-electron chi connectivity index (χ2n) is 8.16. The molecule has 0 aliphatic heterocycles. The van der Waals surface area contributed by atoms with E-state index in [2.05, 4.69) is 18.6 Å². The van der Waals surface area contributed by atoms with Gasteiger partial charge in [-0.15, -0.1) is 0 Å². The fraction of sp³-hybridized carbons (Fsp3) is 0.900. The molecule has 0 aromatic carbocycles. The average Bonchev–Trinajstić information content (AvgIpc) is 2.65. The molecular weight excluding hydrogens is 456 g/mol. The van der Waals surface area contributed by atoms with Crippen molar-refractivity contribution in [3.63, 3.8) is 0 Å². The second kappa shape index (κ2) is 13.2. The van der Waals surface area contributed by atoms with Crippen molar-refractivity contribution in [1.29, 1.82) is 0 Å². The first-order valence-electron chi connectivity index (χ1n) is 10.3. The minimum Gasteiger partial charge on any atom is -0.466 e. The third-order valence-corrected chi connectivity index (χ3v) is 4.68. The van der Waals surface area contributed by atoms with Crippen LogP contribution in [0.2, 0.25) is 0 Å². The molecule has 1 atom stereocenters. The molecule has 4 nitrogen and oxygen atoms in total. The lowest BCUT2D eigenvalue weighted by Gasteiger charge is -2.31. The van der Waals surface area contributed by atoms with Gasteiger partial charge in [0.25, 0.3) is 0 Å². The smallest absolute Gasteiger partial charge is 0.381 e. The van der Waals surface area contributed by atoms with Crippen LogP contribution in [0, 0.1) is 11.8 Å². The van der Waals surface area contributed by atoms with Gasteiger partial charge in [-0.2, -0.15) is 26.3 Å².